The third-order valence-corrected chi connectivity index (χ3v) is 3.17. The molecule has 2 aromatic rings. The number of methoxy groups -OCH3 is 1. The maximum absolute atomic E-state index is 12.1. The lowest BCUT2D eigenvalue weighted by Crippen LogP contribution is -2.16. The fourth-order valence-electron chi connectivity index (χ4n) is 1.60. The summed E-state index contributed by atoms with van der Waals surface area (Å²) in [7, 11) is 1.25. The van der Waals surface area contributed by atoms with Crippen molar-refractivity contribution in [2.45, 2.75) is 0 Å². The van der Waals surface area contributed by atoms with Crippen LogP contribution in [0.1, 0.15) is 20.7 Å². The lowest BCUT2D eigenvalue weighted by atomic mass is 10.1. The molecule has 1 aromatic carbocycles. The highest BCUT2D eigenvalue weighted by molar-refractivity contribution is 9.10. The van der Waals surface area contributed by atoms with E-state index in [9.17, 15) is 14.4 Å². The van der Waals surface area contributed by atoms with Gasteiger partial charge in [-0.25, -0.2) is 9.59 Å². The van der Waals surface area contributed by atoms with E-state index in [0.717, 1.165) is 6.26 Å². The number of hydrogen-bond acceptors (Lipinski definition) is 5. The van der Waals surface area contributed by atoms with Gasteiger partial charge in [0.25, 0.3) is 5.91 Å². The molecule has 0 aliphatic carbocycles. The lowest BCUT2D eigenvalue weighted by Gasteiger charge is -2.09. The molecule has 0 spiro atoms. The summed E-state index contributed by atoms with van der Waals surface area (Å²) in [6.07, 6.45) is 1.04. The van der Waals surface area contributed by atoms with Crippen molar-refractivity contribution in [2.75, 3.05) is 12.4 Å². The Morgan fingerprint density at radius 2 is 2.00 bits per heavy atom. The summed E-state index contributed by atoms with van der Waals surface area (Å²) in [6.45, 7) is 0. The van der Waals surface area contributed by atoms with Gasteiger partial charge in [-0.05, 0) is 34.1 Å². The summed E-state index contributed by atoms with van der Waals surface area (Å²) >= 11 is 2.99. The summed E-state index contributed by atoms with van der Waals surface area (Å²) in [5.41, 5.74) is 0.0872. The molecular weight excluding hydrogens is 342 g/mol. The van der Waals surface area contributed by atoms with Gasteiger partial charge in [0.05, 0.1) is 23.9 Å². The number of ether oxygens (including phenoxy) is 1. The number of carbonyl (C=O) groups is 2. The van der Waals surface area contributed by atoms with Crippen LogP contribution in [0.15, 0.2) is 50.3 Å². The third kappa shape index (κ3) is 3.38. The molecule has 0 unspecified atom stereocenters. The molecule has 0 aliphatic rings. The van der Waals surface area contributed by atoms with Gasteiger partial charge in [-0.1, -0.05) is 12.1 Å². The van der Waals surface area contributed by atoms with Crippen LogP contribution in [0, 0.1) is 0 Å². The number of benzene rings is 1. The molecule has 108 valence electrons. The van der Waals surface area contributed by atoms with E-state index in [2.05, 4.69) is 26.0 Å². The molecule has 1 amide bonds. The van der Waals surface area contributed by atoms with Gasteiger partial charge in [-0.2, -0.15) is 0 Å². The summed E-state index contributed by atoms with van der Waals surface area (Å²) in [5.74, 6) is -1.08. The van der Waals surface area contributed by atoms with E-state index in [1.807, 2.05) is 0 Å². The number of anilines is 1. The van der Waals surface area contributed by atoms with Crippen LogP contribution in [-0.4, -0.2) is 19.0 Å². The Kier molecular flexibility index (Phi) is 4.54. The Hall–Kier alpha value is -2.41. The summed E-state index contributed by atoms with van der Waals surface area (Å²) in [6, 6.07) is 7.76. The lowest BCUT2D eigenvalue weighted by molar-refractivity contribution is 0.0602. The van der Waals surface area contributed by atoms with Gasteiger partial charge < -0.3 is 14.5 Å². The average Bonchev–Trinajstić information content (AvgIpc) is 2.49. The smallest absolute Gasteiger partial charge is 0.350 e. The molecule has 0 saturated carbocycles. The summed E-state index contributed by atoms with van der Waals surface area (Å²) < 4.78 is 9.47. The number of nitrogens with one attached hydrogen (secondary N) is 1. The van der Waals surface area contributed by atoms with Crippen molar-refractivity contribution in [3.8, 4) is 0 Å². The molecule has 1 N–H and O–H groups in total. The quantitative estimate of drug-likeness (QED) is 0.858. The molecule has 0 saturated heterocycles. The first-order valence-electron chi connectivity index (χ1n) is 5.80. The molecule has 7 heteroatoms. The number of carbonyl (C=O) groups excluding carboxylic acids is 2. The second-order valence-corrected chi connectivity index (χ2v) is 4.82. The van der Waals surface area contributed by atoms with Crippen LogP contribution in [0.2, 0.25) is 0 Å². The zero-order chi connectivity index (χ0) is 15.4. The zero-order valence-electron chi connectivity index (χ0n) is 10.9. The Morgan fingerprint density at radius 1 is 1.29 bits per heavy atom. The second-order valence-electron chi connectivity index (χ2n) is 3.96. The molecule has 0 bridgehead atoms. The van der Waals surface area contributed by atoms with Crippen molar-refractivity contribution >= 4 is 33.5 Å². The maximum Gasteiger partial charge on any atom is 0.350 e. The van der Waals surface area contributed by atoms with E-state index in [1.54, 1.807) is 18.2 Å². The molecule has 1 aromatic heterocycles. The first-order chi connectivity index (χ1) is 10.0. The number of rotatable bonds is 3. The second kappa shape index (κ2) is 6.36. The highest BCUT2D eigenvalue weighted by Gasteiger charge is 2.15. The molecule has 6 nitrogen and oxygen atoms in total. The van der Waals surface area contributed by atoms with Crippen LogP contribution in [0.5, 0.6) is 0 Å². The number of amides is 1. The molecule has 1 heterocycles. The SMILES string of the molecule is COC(=O)c1ccccc1NC(=O)c1coc(=O)c(Br)c1. The number of para-hydroxylation sites is 1. The molecule has 2 rings (SSSR count). The Balaban J connectivity index is 2.29. The maximum atomic E-state index is 12.1. The minimum absolute atomic E-state index is 0.136. The number of halogens is 1. The average molecular weight is 352 g/mol. The Bertz CT molecular complexity index is 753. The van der Waals surface area contributed by atoms with E-state index in [0.29, 0.717) is 5.69 Å². The van der Waals surface area contributed by atoms with E-state index >= 15 is 0 Å². The standard InChI is InChI=1S/C14H10BrNO5/c1-20-13(18)9-4-2-3-5-11(9)16-12(17)8-6-10(15)14(19)21-7-8/h2-7H,1H3,(H,16,17). The monoisotopic (exact) mass is 351 g/mol. The van der Waals surface area contributed by atoms with Crippen molar-refractivity contribution < 1.29 is 18.7 Å². The van der Waals surface area contributed by atoms with Gasteiger partial charge in [0.15, 0.2) is 0 Å². The van der Waals surface area contributed by atoms with Gasteiger partial charge >= 0.3 is 11.6 Å². The van der Waals surface area contributed by atoms with Crippen LogP contribution in [0.25, 0.3) is 0 Å². The number of hydrogen-bond donors (Lipinski definition) is 1. The fraction of sp³-hybridized carbons (Fsp3) is 0.0714. The van der Waals surface area contributed by atoms with Crippen molar-refractivity contribution in [1.82, 2.24) is 0 Å². The molecular formula is C14H10BrNO5. The largest absolute Gasteiger partial charge is 0.465 e. The Labute approximate surface area is 127 Å². The van der Waals surface area contributed by atoms with Crippen molar-refractivity contribution in [1.29, 1.82) is 0 Å². The molecule has 0 atom stereocenters. The van der Waals surface area contributed by atoms with Crippen molar-refractivity contribution in [2.24, 2.45) is 0 Å². The minimum atomic E-state index is -0.582. The van der Waals surface area contributed by atoms with Crippen molar-refractivity contribution in [3.63, 3.8) is 0 Å². The molecule has 21 heavy (non-hydrogen) atoms. The van der Waals surface area contributed by atoms with Gasteiger partial charge in [-0.3, -0.25) is 4.79 Å². The predicted molar refractivity (Wildman–Crippen MR) is 78.4 cm³/mol. The van der Waals surface area contributed by atoms with Crippen molar-refractivity contribution in [3.05, 3.63) is 62.6 Å². The van der Waals surface area contributed by atoms with E-state index in [4.69, 9.17) is 4.42 Å². The molecule has 0 radical (unpaired) electrons. The fourth-order valence-corrected chi connectivity index (χ4v) is 1.94. The normalized spacial score (nSPS) is 10.0. The zero-order valence-corrected chi connectivity index (χ0v) is 12.5. The molecule has 0 aliphatic heterocycles. The van der Waals surface area contributed by atoms with Crippen LogP contribution in [0.4, 0.5) is 5.69 Å². The van der Waals surface area contributed by atoms with Gasteiger partial charge in [-0.15, -0.1) is 0 Å². The summed E-state index contributed by atoms with van der Waals surface area (Å²) in [5, 5.41) is 2.57. The first-order valence-corrected chi connectivity index (χ1v) is 6.59. The van der Waals surface area contributed by atoms with E-state index in [1.165, 1.54) is 19.2 Å². The van der Waals surface area contributed by atoms with Gasteiger partial charge in [0.1, 0.15) is 10.7 Å². The highest BCUT2D eigenvalue weighted by atomic mass is 79.9. The minimum Gasteiger partial charge on any atom is -0.465 e. The Morgan fingerprint density at radius 3 is 2.67 bits per heavy atom. The van der Waals surface area contributed by atoms with Gasteiger partial charge in [0, 0.05) is 0 Å². The summed E-state index contributed by atoms with van der Waals surface area (Å²) in [4.78, 5) is 34.8. The molecule has 0 fully saturated rings. The predicted octanol–water partition coefficient (Wildman–Crippen LogP) is 2.44. The third-order valence-electron chi connectivity index (χ3n) is 2.61. The topological polar surface area (TPSA) is 85.6 Å². The van der Waals surface area contributed by atoms with Gasteiger partial charge in [0.2, 0.25) is 0 Å². The van der Waals surface area contributed by atoms with Crippen LogP contribution < -0.4 is 10.9 Å². The highest BCUT2D eigenvalue weighted by Crippen LogP contribution is 2.17. The van der Waals surface area contributed by atoms with Crippen LogP contribution in [0.3, 0.4) is 0 Å². The van der Waals surface area contributed by atoms with E-state index < -0.39 is 17.5 Å². The first kappa shape index (κ1) is 15.0. The van der Waals surface area contributed by atoms with E-state index in [-0.39, 0.29) is 15.6 Å². The number of esters is 1. The van der Waals surface area contributed by atoms with Crippen LogP contribution in [-0.2, 0) is 4.74 Å². The van der Waals surface area contributed by atoms with Crippen LogP contribution >= 0.6 is 15.9 Å².